The summed E-state index contributed by atoms with van der Waals surface area (Å²) in [5.41, 5.74) is 2.71. The number of benzene rings is 1. The highest BCUT2D eigenvalue weighted by atomic mass is 19.4. The Hall–Kier alpha value is -3.47. The first kappa shape index (κ1) is 25.6. The monoisotopic (exact) mass is 502 g/mol. The normalized spacial score (nSPS) is 13.0. The minimum atomic E-state index is -4.45. The summed E-state index contributed by atoms with van der Waals surface area (Å²) in [4.78, 5) is 24.1. The van der Waals surface area contributed by atoms with Gasteiger partial charge in [-0.15, -0.1) is 0 Å². The average Bonchev–Trinajstić information content (AvgIpc) is 3.19. The molecule has 4 rings (SSSR count). The molecule has 8 nitrogen and oxygen atoms in total. The van der Waals surface area contributed by atoms with E-state index in [1.165, 1.54) is 12.1 Å². The molecule has 0 aliphatic heterocycles. The molecule has 1 aliphatic rings. The van der Waals surface area contributed by atoms with Gasteiger partial charge in [-0.25, -0.2) is 9.97 Å². The molecule has 2 aromatic heterocycles. The summed E-state index contributed by atoms with van der Waals surface area (Å²) in [7, 11) is 1.60. The van der Waals surface area contributed by atoms with Crippen LogP contribution in [0.3, 0.4) is 0 Å². The fourth-order valence-corrected chi connectivity index (χ4v) is 4.22. The predicted molar refractivity (Wildman–Crippen MR) is 129 cm³/mol. The van der Waals surface area contributed by atoms with Crippen molar-refractivity contribution in [2.75, 3.05) is 32.1 Å². The van der Waals surface area contributed by atoms with Crippen LogP contribution in [0.2, 0.25) is 0 Å². The van der Waals surface area contributed by atoms with Gasteiger partial charge in [-0.1, -0.05) is 19.4 Å². The molecule has 1 amide bonds. The topological polar surface area (TPSA) is 96.0 Å². The number of alkyl halides is 3. The molecule has 0 saturated heterocycles. The van der Waals surface area contributed by atoms with Gasteiger partial charge < -0.3 is 15.0 Å². The molecule has 192 valence electrons. The number of unbranched alkanes of at least 4 members (excludes halogenated alkanes) is 1. The lowest BCUT2D eigenvalue weighted by Crippen LogP contribution is -2.35. The number of hydrogen-bond acceptors (Lipinski definition) is 6. The first-order valence-corrected chi connectivity index (χ1v) is 12.0. The number of nitrogens with zero attached hydrogens (tertiary/aromatic N) is 4. The lowest BCUT2D eigenvalue weighted by atomic mass is 10.1. The van der Waals surface area contributed by atoms with Crippen LogP contribution in [0.1, 0.15) is 53.4 Å². The molecular weight excluding hydrogens is 473 g/mol. The van der Waals surface area contributed by atoms with Crippen LogP contribution < -0.4 is 5.32 Å². The molecule has 1 aliphatic carbocycles. The second-order valence-corrected chi connectivity index (χ2v) is 8.69. The molecule has 3 aromatic rings. The SMILES string of the molecule is CCCCN(CCOC)C(=O)c1[nH]nc2c1CCCc1cnc(Nc3cccc(C(F)(F)F)c3)nc1-2. The first-order valence-electron chi connectivity index (χ1n) is 12.0. The van der Waals surface area contributed by atoms with E-state index in [2.05, 4.69) is 32.4 Å². The number of carbonyl (C=O) groups excluding carboxylic acids is 1. The highest BCUT2D eigenvalue weighted by Gasteiger charge is 2.31. The van der Waals surface area contributed by atoms with Crippen LogP contribution in [-0.4, -0.2) is 57.8 Å². The third-order valence-corrected chi connectivity index (χ3v) is 6.12. The number of aromatic nitrogens is 4. The van der Waals surface area contributed by atoms with Crippen LogP contribution in [0.4, 0.5) is 24.8 Å². The Morgan fingerprint density at radius 3 is 2.81 bits per heavy atom. The van der Waals surface area contributed by atoms with Gasteiger partial charge in [0.25, 0.3) is 5.91 Å². The second-order valence-electron chi connectivity index (χ2n) is 8.69. The number of nitrogens with one attached hydrogen (secondary N) is 2. The van der Waals surface area contributed by atoms with Gasteiger partial charge in [0.2, 0.25) is 5.95 Å². The highest BCUT2D eigenvalue weighted by Crippen LogP contribution is 2.34. The molecule has 2 heterocycles. The van der Waals surface area contributed by atoms with Crippen molar-refractivity contribution in [2.45, 2.75) is 45.2 Å². The number of halogens is 3. The summed E-state index contributed by atoms with van der Waals surface area (Å²) in [5, 5.41) is 10.2. The van der Waals surface area contributed by atoms with E-state index in [1.54, 1.807) is 18.2 Å². The van der Waals surface area contributed by atoms with E-state index >= 15 is 0 Å². The molecule has 0 bridgehead atoms. The van der Waals surface area contributed by atoms with Crippen LogP contribution in [0.5, 0.6) is 0 Å². The Kier molecular flexibility index (Phi) is 7.88. The van der Waals surface area contributed by atoms with Gasteiger partial charge in [0.1, 0.15) is 11.4 Å². The van der Waals surface area contributed by atoms with Gasteiger partial charge in [-0.05, 0) is 49.4 Å². The van der Waals surface area contributed by atoms with Crippen molar-refractivity contribution in [2.24, 2.45) is 0 Å². The molecule has 11 heteroatoms. The number of H-pyrrole nitrogens is 1. The number of fused-ring (bicyclic) bond motifs is 3. The molecule has 0 spiro atoms. The largest absolute Gasteiger partial charge is 0.416 e. The number of ether oxygens (including phenoxy) is 1. The molecule has 2 N–H and O–H groups in total. The minimum absolute atomic E-state index is 0.130. The van der Waals surface area contributed by atoms with Crippen LogP contribution in [0.25, 0.3) is 11.4 Å². The lowest BCUT2D eigenvalue weighted by Gasteiger charge is -2.22. The zero-order chi connectivity index (χ0) is 25.7. The van der Waals surface area contributed by atoms with Crippen molar-refractivity contribution in [3.63, 3.8) is 0 Å². The Morgan fingerprint density at radius 1 is 1.22 bits per heavy atom. The molecule has 1 aromatic carbocycles. The summed E-state index contributed by atoms with van der Waals surface area (Å²) >= 11 is 0. The number of methoxy groups -OCH3 is 1. The summed E-state index contributed by atoms with van der Waals surface area (Å²) in [5.74, 6) is 0.0236. The van der Waals surface area contributed by atoms with Crippen molar-refractivity contribution in [1.29, 1.82) is 0 Å². The number of aryl methyl sites for hydroxylation is 1. The van der Waals surface area contributed by atoms with E-state index in [-0.39, 0.29) is 17.5 Å². The quantitative estimate of drug-likeness (QED) is 0.427. The summed E-state index contributed by atoms with van der Waals surface area (Å²) in [6, 6.07) is 4.86. The smallest absolute Gasteiger partial charge is 0.383 e. The number of aromatic amines is 1. The fourth-order valence-electron chi connectivity index (χ4n) is 4.22. The van der Waals surface area contributed by atoms with E-state index in [0.29, 0.717) is 49.6 Å². The molecule has 0 unspecified atom stereocenters. The molecular formula is C25H29F3N6O2. The maximum Gasteiger partial charge on any atom is 0.416 e. The van der Waals surface area contributed by atoms with Crippen molar-refractivity contribution >= 4 is 17.5 Å². The minimum Gasteiger partial charge on any atom is -0.383 e. The maximum absolute atomic E-state index is 13.4. The van der Waals surface area contributed by atoms with Gasteiger partial charge >= 0.3 is 6.18 Å². The Bertz CT molecular complexity index is 1200. The van der Waals surface area contributed by atoms with Gasteiger partial charge in [0.15, 0.2) is 0 Å². The van der Waals surface area contributed by atoms with Crippen LogP contribution >= 0.6 is 0 Å². The van der Waals surface area contributed by atoms with Gasteiger partial charge in [-0.2, -0.15) is 18.3 Å². The molecule has 0 atom stereocenters. The lowest BCUT2D eigenvalue weighted by molar-refractivity contribution is -0.137. The van der Waals surface area contributed by atoms with Crippen molar-refractivity contribution in [1.82, 2.24) is 25.1 Å². The molecule has 0 saturated carbocycles. The average molecular weight is 503 g/mol. The van der Waals surface area contributed by atoms with Gasteiger partial charge in [0, 0.05) is 37.6 Å². The zero-order valence-corrected chi connectivity index (χ0v) is 20.3. The van der Waals surface area contributed by atoms with E-state index in [9.17, 15) is 18.0 Å². The first-order chi connectivity index (χ1) is 17.3. The van der Waals surface area contributed by atoms with Crippen molar-refractivity contribution in [3.05, 3.63) is 52.8 Å². The molecule has 0 radical (unpaired) electrons. The Morgan fingerprint density at radius 2 is 2.06 bits per heavy atom. The van der Waals surface area contributed by atoms with E-state index < -0.39 is 11.7 Å². The van der Waals surface area contributed by atoms with Crippen LogP contribution in [-0.2, 0) is 23.8 Å². The maximum atomic E-state index is 13.4. The number of carbonyl (C=O) groups is 1. The predicted octanol–water partition coefficient (Wildman–Crippen LogP) is 5.01. The van der Waals surface area contributed by atoms with Crippen molar-refractivity contribution < 1.29 is 22.7 Å². The Balaban J connectivity index is 1.64. The second kappa shape index (κ2) is 11.1. The summed E-state index contributed by atoms with van der Waals surface area (Å²) in [6.45, 7) is 3.61. The Labute approximate surface area is 207 Å². The summed E-state index contributed by atoms with van der Waals surface area (Å²) < 4.78 is 44.5. The van der Waals surface area contributed by atoms with Gasteiger partial charge in [0.05, 0.1) is 17.9 Å². The zero-order valence-electron chi connectivity index (χ0n) is 20.3. The standard InChI is InChI=1S/C25H29F3N6O2/c1-3-4-11-34(12-13-36-2)23(35)22-19-10-5-7-16-15-29-24(31-20(16)21(19)32-33-22)30-18-9-6-8-17(14-18)25(26,27)28/h6,8-9,14-15H,3-5,7,10-13H2,1-2H3,(H,32,33)(H,29,30,31). The number of amides is 1. The van der Waals surface area contributed by atoms with Crippen molar-refractivity contribution in [3.8, 4) is 11.4 Å². The number of anilines is 2. The van der Waals surface area contributed by atoms with Crippen LogP contribution in [0, 0.1) is 0 Å². The third kappa shape index (κ3) is 5.67. The molecule has 36 heavy (non-hydrogen) atoms. The van der Waals surface area contributed by atoms with Crippen LogP contribution in [0.15, 0.2) is 30.5 Å². The number of rotatable bonds is 9. The fraction of sp³-hybridized carbons (Fsp3) is 0.440. The summed E-state index contributed by atoms with van der Waals surface area (Å²) in [6.07, 6.45) is 1.19. The van der Waals surface area contributed by atoms with E-state index in [4.69, 9.17) is 4.74 Å². The molecule has 0 fully saturated rings. The third-order valence-electron chi connectivity index (χ3n) is 6.12. The van der Waals surface area contributed by atoms with E-state index in [0.717, 1.165) is 42.5 Å². The van der Waals surface area contributed by atoms with Gasteiger partial charge in [-0.3, -0.25) is 9.89 Å². The highest BCUT2D eigenvalue weighted by molar-refractivity contribution is 5.95. The number of hydrogen-bond donors (Lipinski definition) is 2. The van der Waals surface area contributed by atoms with E-state index in [1.807, 2.05) is 0 Å².